The maximum absolute atomic E-state index is 12.9. The summed E-state index contributed by atoms with van der Waals surface area (Å²) in [6, 6.07) is 5.67. The SMILES string of the molecule is CC[C@@H]1CCCCN1C(=O)CN1CCN(S(=O)(=O)c2ccc(C)c(C)c2)CC1. The Bertz CT molecular complexity index is 801. The number of piperazine rings is 1. The molecule has 3 rings (SSSR count). The van der Waals surface area contributed by atoms with Crippen LogP contribution in [0.15, 0.2) is 23.1 Å². The molecule has 0 unspecified atom stereocenters. The van der Waals surface area contributed by atoms with E-state index >= 15 is 0 Å². The molecule has 0 bridgehead atoms. The average Bonchev–Trinajstić information content (AvgIpc) is 2.70. The zero-order valence-corrected chi connectivity index (χ0v) is 18.2. The van der Waals surface area contributed by atoms with Gasteiger partial charge in [0.25, 0.3) is 0 Å². The van der Waals surface area contributed by atoms with E-state index in [-0.39, 0.29) is 5.91 Å². The van der Waals surface area contributed by atoms with Crippen LogP contribution in [0, 0.1) is 13.8 Å². The summed E-state index contributed by atoms with van der Waals surface area (Å²) in [5, 5.41) is 0. The van der Waals surface area contributed by atoms with Gasteiger partial charge in [-0.15, -0.1) is 0 Å². The molecule has 2 saturated heterocycles. The highest BCUT2D eigenvalue weighted by Crippen LogP contribution is 2.22. The number of carbonyl (C=O) groups is 1. The van der Waals surface area contributed by atoms with E-state index in [4.69, 9.17) is 0 Å². The van der Waals surface area contributed by atoms with Crippen LogP contribution >= 0.6 is 0 Å². The predicted molar refractivity (Wildman–Crippen MR) is 111 cm³/mol. The molecule has 0 radical (unpaired) electrons. The number of hydrogen-bond acceptors (Lipinski definition) is 4. The Kier molecular flexibility index (Phi) is 6.78. The topological polar surface area (TPSA) is 60.9 Å². The van der Waals surface area contributed by atoms with Crippen molar-refractivity contribution in [3.8, 4) is 0 Å². The molecule has 1 amide bonds. The lowest BCUT2D eigenvalue weighted by Gasteiger charge is -2.38. The third kappa shape index (κ3) is 4.58. The van der Waals surface area contributed by atoms with Crippen LogP contribution in [0.4, 0.5) is 0 Å². The van der Waals surface area contributed by atoms with Gasteiger partial charge in [-0.3, -0.25) is 9.69 Å². The number of rotatable bonds is 5. The lowest BCUT2D eigenvalue weighted by Crippen LogP contribution is -2.53. The molecule has 0 N–H and O–H groups in total. The molecule has 7 heteroatoms. The first-order chi connectivity index (χ1) is 13.3. The van der Waals surface area contributed by atoms with Crippen molar-refractivity contribution < 1.29 is 13.2 Å². The molecule has 2 aliphatic rings. The smallest absolute Gasteiger partial charge is 0.243 e. The molecule has 6 nitrogen and oxygen atoms in total. The van der Waals surface area contributed by atoms with Crippen molar-refractivity contribution in [2.45, 2.75) is 57.4 Å². The standard InChI is InChI=1S/C21H33N3O3S/c1-4-19-7-5-6-10-24(19)21(25)16-22-11-13-23(14-12-22)28(26,27)20-9-8-17(2)18(3)15-20/h8-9,15,19H,4-7,10-14,16H2,1-3H3/t19-/m1/s1. The number of sulfonamides is 1. The van der Waals surface area contributed by atoms with Gasteiger partial charge in [-0.05, 0) is 62.8 Å². The van der Waals surface area contributed by atoms with Crippen LogP contribution in [-0.2, 0) is 14.8 Å². The van der Waals surface area contributed by atoms with Crippen molar-refractivity contribution in [3.63, 3.8) is 0 Å². The molecule has 1 aromatic carbocycles. The summed E-state index contributed by atoms with van der Waals surface area (Å²) < 4.78 is 27.4. The van der Waals surface area contributed by atoms with Crippen LogP contribution in [0.2, 0.25) is 0 Å². The minimum atomic E-state index is -3.48. The monoisotopic (exact) mass is 407 g/mol. The molecule has 2 fully saturated rings. The summed E-state index contributed by atoms with van der Waals surface area (Å²) in [7, 11) is -3.48. The Hall–Kier alpha value is -1.44. The van der Waals surface area contributed by atoms with Gasteiger partial charge in [0, 0.05) is 38.8 Å². The molecule has 0 saturated carbocycles. The number of carbonyl (C=O) groups excluding carboxylic acids is 1. The van der Waals surface area contributed by atoms with Crippen molar-refractivity contribution in [1.82, 2.24) is 14.1 Å². The number of piperidine rings is 1. The van der Waals surface area contributed by atoms with Crippen LogP contribution in [0.3, 0.4) is 0 Å². The molecule has 0 aromatic heterocycles. The van der Waals surface area contributed by atoms with Crippen molar-refractivity contribution in [3.05, 3.63) is 29.3 Å². The Balaban J connectivity index is 1.58. The largest absolute Gasteiger partial charge is 0.339 e. The molecule has 1 atom stereocenters. The first-order valence-corrected chi connectivity index (χ1v) is 11.9. The van der Waals surface area contributed by atoms with Gasteiger partial charge in [-0.25, -0.2) is 8.42 Å². The minimum Gasteiger partial charge on any atom is -0.339 e. The number of benzene rings is 1. The second-order valence-electron chi connectivity index (χ2n) is 8.07. The molecular formula is C21H33N3O3S. The van der Waals surface area contributed by atoms with E-state index in [0.717, 1.165) is 36.9 Å². The first kappa shape index (κ1) is 21.3. The summed E-state index contributed by atoms with van der Waals surface area (Å²) in [5.74, 6) is 0.192. The summed E-state index contributed by atoms with van der Waals surface area (Å²) in [6.07, 6.45) is 4.40. The Labute approximate surface area is 169 Å². The normalized spacial score (nSPS) is 22.4. The number of likely N-dealkylation sites (tertiary alicyclic amines) is 1. The zero-order valence-electron chi connectivity index (χ0n) is 17.4. The van der Waals surface area contributed by atoms with Gasteiger partial charge in [-0.2, -0.15) is 4.31 Å². The van der Waals surface area contributed by atoms with Crippen LogP contribution < -0.4 is 0 Å². The first-order valence-electron chi connectivity index (χ1n) is 10.4. The van der Waals surface area contributed by atoms with Gasteiger partial charge < -0.3 is 4.90 Å². The minimum absolute atomic E-state index is 0.192. The molecular weight excluding hydrogens is 374 g/mol. The Morgan fingerprint density at radius 3 is 2.39 bits per heavy atom. The van der Waals surface area contributed by atoms with Crippen LogP contribution in [0.25, 0.3) is 0 Å². The van der Waals surface area contributed by atoms with Gasteiger partial charge in [0.2, 0.25) is 15.9 Å². The van der Waals surface area contributed by atoms with Gasteiger partial charge in [0.15, 0.2) is 0 Å². The molecule has 2 heterocycles. The zero-order chi connectivity index (χ0) is 20.3. The molecule has 0 aliphatic carbocycles. The summed E-state index contributed by atoms with van der Waals surface area (Å²) in [4.78, 5) is 17.3. The fourth-order valence-electron chi connectivity index (χ4n) is 4.19. The Morgan fingerprint density at radius 1 is 1.04 bits per heavy atom. The Morgan fingerprint density at radius 2 is 1.75 bits per heavy atom. The van der Waals surface area contributed by atoms with E-state index in [1.54, 1.807) is 16.4 Å². The third-order valence-electron chi connectivity index (χ3n) is 6.23. The van der Waals surface area contributed by atoms with Crippen molar-refractivity contribution in [2.75, 3.05) is 39.3 Å². The summed E-state index contributed by atoms with van der Waals surface area (Å²) >= 11 is 0. The van der Waals surface area contributed by atoms with Gasteiger partial charge in [0.05, 0.1) is 11.4 Å². The van der Waals surface area contributed by atoms with E-state index in [2.05, 4.69) is 11.8 Å². The second-order valence-corrected chi connectivity index (χ2v) is 10.0. The second kappa shape index (κ2) is 8.93. The highest BCUT2D eigenvalue weighted by atomic mass is 32.2. The molecule has 0 spiro atoms. The fourth-order valence-corrected chi connectivity index (χ4v) is 5.69. The predicted octanol–water partition coefficient (Wildman–Crippen LogP) is 2.40. The highest BCUT2D eigenvalue weighted by Gasteiger charge is 2.31. The van der Waals surface area contributed by atoms with Crippen molar-refractivity contribution >= 4 is 15.9 Å². The summed E-state index contributed by atoms with van der Waals surface area (Å²) in [6.45, 7) is 9.37. The molecule has 156 valence electrons. The maximum Gasteiger partial charge on any atom is 0.243 e. The molecule has 1 aromatic rings. The van der Waals surface area contributed by atoms with E-state index < -0.39 is 10.0 Å². The van der Waals surface area contributed by atoms with Gasteiger partial charge in [-0.1, -0.05) is 13.0 Å². The summed E-state index contributed by atoms with van der Waals surface area (Å²) in [5.41, 5.74) is 2.07. The van der Waals surface area contributed by atoms with E-state index in [9.17, 15) is 13.2 Å². The average molecular weight is 408 g/mol. The highest BCUT2D eigenvalue weighted by molar-refractivity contribution is 7.89. The number of amides is 1. The van der Waals surface area contributed by atoms with Crippen molar-refractivity contribution in [2.24, 2.45) is 0 Å². The third-order valence-corrected chi connectivity index (χ3v) is 8.12. The van der Waals surface area contributed by atoms with Crippen LogP contribution in [0.5, 0.6) is 0 Å². The molecule has 2 aliphatic heterocycles. The van der Waals surface area contributed by atoms with E-state index in [0.29, 0.717) is 43.7 Å². The number of nitrogens with zero attached hydrogens (tertiary/aromatic N) is 3. The lowest BCUT2D eigenvalue weighted by molar-refractivity contribution is -0.136. The fraction of sp³-hybridized carbons (Fsp3) is 0.667. The quantitative estimate of drug-likeness (QED) is 0.752. The number of hydrogen-bond donors (Lipinski definition) is 0. The van der Waals surface area contributed by atoms with Crippen LogP contribution in [0.1, 0.15) is 43.7 Å². The van der Waals surface area contributed by atoms with E-state index in [1.165, 1.54) is 6.42 Å². The van der Waals surface area contributed by atoms with Gasteiger partial charge in [0.1, 0.15) is 0 Å². The van der Waals surface area contributed by atoms with Crippen LogP contribution in [-0.4, -0.2) is 73.7 Å². The van der Waals surface area contributed by atoms with Gasteiger partial charge >= 0.3 is 0 Å². The van der Waals surface area contributed by atoms with E-state index in [1.807, 2.05) is 24.8 Å². The lowest BCUT2D eigenvalue weighted by atomic mass is 10.00. The molecule has 28 heavy (non-hydrogen) atoms. The van der Waals surface area contributed by atoms with Crippen molar-refractivity contribution in [1.29, 1.82) is 0 Å². The maximum atomic E-state index is 12.9. The number of aryl methyl sites for hydroxylation is 2.